The zero-order chi connectivity index (χ0) is 26.4. The van der Waals surface area contributed by atoms with Crippen LogP contribution in [0.4, 0.5) is 24.5 Å². The first kappa shape index (κ1) is 25.3. The van der Waals surface area contributed by atoms with Crippen molar-refractivity contribution < 1.29 is 37.1 Å². The summed E-state index contributed by atoms with van der Waals surface area (Å²) in [5.41, 5.74) is -0.769. The van der Waals surface area contributed by atoms with Crippen LogP contribution in [0, 0.1) is 0 Å². The monoisotopic (exact) mass is 578 g/mol. The van der Waals surface area contributed by atoms with Crippen molar-refractivity contribution >= 4 is 68.2 Å². The SMILES string of the molecule is O=C1C(=O)N(C(=O)c2ccc(Br)cc2)c2cc(C(F)(F)F)ccc21.O=C1Nc2c(Cl)cccc2C1=O. The van der Waals surface area contributed by atoms with Gasteiger partial charge in [0.05, 0.1) is 33.1 Å². The summed E-state index contributed by atoms with van der Waals surface area (Å²) in [5.74, 6) is -4.18. The lowest BCUT2D eigenvalue weighted by molar-refractivity contribution is -0.137. The number of anilines is 2. The van der Waals surface area contributed by atoms with Gasteiger partial charge >= 0.3 is 12.1 Å². The first-order valence-electron chi connectivity index (χ1n) is 9.94. The topological polar surface area (TPSA) is 101 Å². The van der Waals surface area contributed by atoms with Crippen LogP contribution in [0.2, 0.25) is 5.02 Å². The fraction of sp³-hybridized carbons (Fsp3) is 0.0417. The van der Waals surface area contributed by atoms with Gasteiger partial charge in [0.1, 0.15) is 0 Å². The number of amides is 3. The molecule has 36 heavy (non-hydrogen) atoms. The van der Waals surface area contributed by atoms with Gasteiger partial charge in [-0.25, -0.2) is 4.90 Å². The minimum atomic E-state index is -4.66. The van der Waals surface area contributed by atoms with E-state index >= 15 is 0 Å². The molecule has 2 aliphatic rings. The van der Waals surface area contributed by atoms with Gasteiger partial charge in [0.2, 0.25) is 0 Å². The largest absolute Gasteiger partial charge is 0.416 e. The number of halogens is 5. The first-order valence-corrected chi connectivity index (χ1v) is 11.1. The third kappa shape index (κ3) is 4.54. The number of hydrogen-bond acceptors (Lipinski definition) is 5. The third-order valence-electron chi connectivity index (χ3n) is 5.21. The van der Waals surface area contributed by atoms with E-state index in [-0.39, 0.29) is 16.8 Å². The fourth-order valence-electron chi connectivity index (χ4n) is 3.47. The Morgan fingerprint density at radius 3 is 2.17 bits per heavy atom. The zero-order valence-electron chi connectivity index (χ0n) is 17.7. The highest BCUT2D eigenvalue weighted by molar-refractivity contribution is 9.10. The number of rotatable bonds is 1. The summed E-state index contributed by atoms with van der Waals surface area (Å²) in [6, 6.07) is 13.0. The summed E-state index contributed by atoms with van der Waals surface area (Å²) in [4.78, 5) is 58.9. The van der Waals surface area contributed by atoms with E-state index in [2.05, 4.69) is 21.2 Å². The van der Waals surface area contributed by atoms with E-state index < -0.39 is 41.0 Å². The number of ketones is 2. The number of carbonyl (C=O) groups excluding carboxylic acids is 5. The Morgan fingerprint density at radius 1 is 0.889 bits per heavy atom. The van der Waals surface area contributed by atoms with Crippen molar-refractivity contribution in [1.82, 2.24) is 0 Å². The summed E-state index contributed by atoms with van der Waals surface area (Å²) in [7, 11) is 0. The second kappa shape index (κ2) is 9.32. The van der Waals surface area contributed by atoms with Gasteiger partial charge in [-0.05, 0) is 54.6 Å². The standard InChI is InChI=1S/C16H7BrF3NO3.C8H4ClNO2/c17-10-4-1-8(2-5-10)14(23)21-12-7-9(16(18,19)20)3-6-11(12)13(22)15(21)24;9-5-3-1-2-4-6(5)10-8(12)7(4)11/h1-7H;1-3H,(H,10,11,12). The number of imide groups is 1. The minimum Gasteiger partial charge on any atom is -0.317 e. The van der Waals surface area contributed by atoms with Gasteiger partial charge in [-0.15, -0.1) is 0 Å². The molecule has 0 spiro atoms. The molecule has 1 N–H and O–H groups in total. The van der Waals surface area contributed by atoms with Crippen molar-refractivity contribution in [3.8, 4) is 0 Å². The van der Waals surface area contributed by atoms with E-state index in [0.29, 0.717) is 37.8 Å². The van der Waals surface area contributed by atoms with Crippen LogP contribution in [-0.2, 0) is 15.8 Å². The van der Waals surface area contributed by atoms with E-state index in [1.165, 1.54) is 12.1 Å². The highest BCUT2D eigenvalue weighted by Gasteiger charge is 2.42. The van der Waals surface area contributed by atoms with Gasteiger partial charge < -0.3 is 5.32 Å². The van der Waals surface area contributed by atoms with E-state index in [0.717, 1.165) is 6.07 Å². The quantitative estimate of drug-likeness (QED) is 0.311. The maximum atomic E-state index is 12.9. The molecule has 0 radical (unpaired) electrons. The summed E-state index contributed by atoms with van der Waals surface area (Å²) in [5, 5.41) is 2.79. The Labute approximate surface area is 214 Å². The second-order valence-corrected chi connectivity index (χ2v) is 8.78. The highest BCUT2D eigenvalue weighted by Crippen LogP contribution is 2.37. The fourth-order valence-corrected chi connectivity index (χ4v) is 3.95. The lowest BCUT2D eigenvalue weighted by Crippen LogP contribution is -2.35. The second-order valence-electron chi connectivity index (χ2n) is 7.46. The third-order valence-corrected chi connectivity index (χ3v) is 6.05. The van der Waals surface area contributed by atoms with Gasteiger partial charge in [0.15, 0.2) is 0 Å². The maximum Gasteiger partial charge on any atom is 0.416 e. The van der Waals surface area contributed by atoms with Crippen LogP contribution in [0.3, 0.4) is 0 Å². The molecule has 12 heteroatoms. The number of nitrogens with zero attached hydrogens (tertiary/aromatic N) is 1. The predicted octanol–water partition coefficient (Wildman–Crippen LogP) is 5.31. The van der Waals surface area contributed by atoms with Crippen LogP contribution in [-0.4, -0.2) is 29.3 Å². The van der Waals surface area contributed by atoms with Gasteiger partial charge in [0, 0.05) is 10.0 Å². The molecule has 5 rings (SSSR count). The first-order chi connectivity index (χ1) is 16.9. The molecule has 2 aliphatic heterocycles. The molecule has 0 saturated heterocycles. The normalized spacial score (nSPS) is 14.2. The van der Waals surface area contributed by atoms with Gasteiger partial charge in [0.25, 0.3) is 23.4 Å². The van der Waals surface area contributed by atoms with Crippen molar-refractivity contribution in [1.29, 1.82) is 0 Å². The van der Waals surface area contributed by atoms with E-state index in [1.54, 1.807) is 30.3 Å². The van der Waals surface area contributed by atoms with Crippen molar-refractivity contribution in [2.45, 2.75) is 6.18 Å². The Bertz CT molecular complexity index is 1470. The molecule has 2 heterocycles. The summed E-state index contributed by atoms with van der Waals surface area (Å²) in [6.45, 7) is 0. The molecule has 182 valence electrons. The molecule has 0 fully saturated rings. The number of Topliss-reactive ketones (excluding diaryl/α,β-unsaturated/α-hetero) is 2. The Kier molecular flexibility index (Phi) is 6.54. The summed E-state index contributed by atoms with van der Waals surface area (Å²) in [6.07, 6.45) is -4.66. The van der Waals surface area contributed by atoms with Crippen LogP contribution in [0.5, 0.6) is 0 Å². The number of nitrogens with one attached hydrogen (secondary N) is 1. The van der Waals surface area contributed by atoms with Crippen molar-refractivity contribution in [3.63, 3.8) is 0 Å². The minimum absolute atomic E-state index is 0.0737. The summed E-state index contributed by atoms with van der Waals surface area (Å²) < 4.78 is 39.3. The molecular weight excluding hydrogens is 569 g/mol. The van der Waals surface area contributed by atoms with Gasteiger partial charge in [-0.3, -0.25) is 24.0 Å². The Morgan fingerprint density at radius 2 is 1.56 bits per heavy atom. The molecule has 3 aromatic rings. The number of hydrogen-bond donors (Lipinski definition) is 1. The Hall–Kier alpha value is -3.83. The molecule has 3 amide bonds. The van der Waals surface area contributed by atoms with Crippen molar-refractivity contribution in [2.75, 3.05) is 10.2 Å². The maximum absolute atomic E-state index is 12.9. The van der Waals surface area contributed by atoms with Gasteiger partial charge in [-0.1, -0.05) is 33.6 Å². The number of fused-ring (bicyclic) bond motifs is 2. The van der Waals surface area contributed by atoms with Crippen LogP contribution in [0.15, 0.2) is 65.1 Å². The van der Waals surface area contributed by atoms with Crippen molar-refractivity contribution in [2.24, 2.45) is 0 Å². The molecule has 0 aliphatic carbocycles. The molecule has 3 aromatic carbocycles. The number of para-hydroxylation sites is 1. The molecule has 0 aromatic heterocycles. The smallest absolute Gasteiger partial charge is 0.317 e. The number of alkyl halides is 3. The van der Waals surface area contributed by atoms with Crippen LogP contribution in [0.25, 0.3) is 0 Å². The van der Waals surface area contributed by atoms with E-state index in [1.807, 2.05) is 0 Å². The predicted molar refractivity (Wildman–Crippen MR) is 126 cm³/mol. The molecule has 7 nitrogen and oxygen atoms in total. The highest BCUT2D eigenvalue weighted by atomic mass is 79.9. The van der Waals surface area contributed by atoms with Crippen molar-refractivity contribution in [3.05, 3.63) is 92.4 Å². The summed E-state index contributed by atoms with van der Waals surface area (Å²) >= 11 is 8.92. The molecule has 0 atom stereocenters. The lowest BCUT2D eigenvalue weighted by Gasteiger charge is -2.16. The average Bonchev–Trinajstić information content (AvgIpc) is 3.27. The number of benzene rings is 3. The molecule has 0 unspecified atom stereocenters. The number of carbonyl (C=O) groups is 5. The van der Waals surface area contributed by atoms with Gasteiger partial charge in [-0.2, -0.15) is 13.2 Å². The van der Waals surface area contributed by atoms with E-state index in [9.17, 15) is 37.1 Å². The molecular formula is C24H11BrClF3N2O5. The van der Waals surface area contributed by atoms with Crippen LogP contribution >= 0.6 is 27.5 Å². The van der Waals surface area contributed by atoms with Crippen LogP contribution in [0.1, 0.15) is 36.6 Å². The van der Waals surface area contributed by atoms with E-state index in [4.69, 9.17) is 11.6 Å². The molecule has 0 saturated carbocycles. The molecule has 0 bridgehead atoms. The zero-order valence-corrected chi connectivity index (χ0v) is 20.0. The lowest BCUT2D eigenvalue weighted by atomic mass is 10.1. The van der Waals surface area contributed by atoms with Crippen LogP contribution < -0.4 is 10.2 Å². The average molecular weight is 580 g/mol. The Balaban J connectivity index is 0.000000211.